The van der Waals surface area contributed by atoms with E-state index < -0.39 is 0 Å². The zero-order valence-electron chi connectivity index (χ0n) is 40.1. The smallest absolute Gasteiger partial charge is 0.0159 e. The summed E-state index contributed by atoms with van der Waals surface area (Å²) in [6.07, 6.45) is 0. The van der Waals surface area contributed by atoms with Gasteiger partial charge in [0.1, 0.15) is 0 Å². The highest BCUT2D eigenvalue weighted by Gasteiger charge is 2.39. The summed E-state index contributed by atoms with van der Waals surface area (Å²) < 4.78 is 0. The van der Waals surface area contributed by atoms with Crippen molar-refractivity contribution in [1.29, 1.82) is 0 Å². The number of rotatable bonds is 4. The van der Waals surface area contributed by atoms with Crippen LogP contribution in [0.25, 0.3) is 110 Å². The van der Waals surface area contributed by atoms with Crippen LogP contribution in [0.5, 0.6) is 0 Å². The van der Waals surface area contributed by atoms with Crippen molar-refractivity contribution >= 4 is 32.3 Å². The molecule has 0 saturated carbocycles. The lowest BCUT2D eigenvalue weighted by atomic mass is 9.79. The fourth-order valence-electron chi connectivity index (χ4n) is 13.0. The van der Waals surface area contributed by atoms with Gasteiger partial charge >= 0.3 is 0 Å². The summed E-state index contributed by atoms with van der Waals surface area (Å²) in [5.74, 6) is 0. The maximum Gasteiger partial charge on any atom is 0.0159 e. The van der Waals surface area contributed by atoms with Crippen molar-refractivity contribution in [2.75, 3.05) is 0 Å². The van der Waals surface area contributed by atoms with Gasteiger partial charge in [0.25, 0.3) is 0 Å². The zero-order valence-corrected chi connectivity index (χ0v) is 40.1. The molecule has 0 bridgehead atoms. The third-order valence-electron chi connectivity index (χ3n) is 16.8. The Hall–Kier alpha value is -7.80. The second kappa shape index (κ2) is 14.1. The minimum Gasteiger partial charge on any atom is -0.0619 e. The average Bonchev–Trinajstić information content (AvgIpc) is 3.85. The third-order valence-corrected chi connectivity index (χ3v) is 16.8. The van der Waals surface area contributed by atoms with Gasteiger partial charge in [-0.2, -0.15) is 0 Å². The Kier molecular flexibility index (Phi) is 8.25. The molecule has 0 unspecified atom stereocenters. The van der Waals surface area contributed by atoms with Crippen LogP contribution in [-0.4, -0.2) is 0 Å². The van der Waals surface area contributed by atoms with Crippen LogP contribution >= 0.6 is 0 Å². The molecule has 0 heterocycles. The third kappa shape index (κ3) is 5.76. The maximum absolute atomic E-state index is 2.48. The molecule has 328 valence electrons. The molecule has 0 radical (unpaired) electrons. The van der Waals surface area contributed by atoms with Crippen LogP contribution in [0.3, 0.4) is 0 Å². The second-order valence-corrected chi connectivity index (χ2v) is 21.7. The SMILES string of the molecule is CC1(C)c2ccccc2-c2ccc(-c3ccc4c(c3)C(C)(C)c3cc(-c5ccc6c(c5)C(C)(C)c5cc(-c7ccc(-c8c9ccccc9cc9cc%10ccccc%10cc89)cc7)ccc5-6)ccc3-4)cc21. The van der Waals surface area contributed by atoms with E-state index in [1.165, 1.54) is 144 Å². The van der Waals surface area contributed by atoms with Crippen LogP contribution < -0.4 is 0 Å². The summed E-state index contributed by atoms with van der Waals surface area (Å²) in [4.78, 5) is 0. The van der Waals surface area contributed by atoms with Crippen molar-refractivity contribution in [3.8, 4) is 77.9 Å². The Morgan fingerprint density at radius 2 is 0.551 bits per heavy atom. The van der Waals surface area contributed by atoms with E-state index >= 15 is 0 Å². The fraction of sp³-hybridized carbons (Fsp3) is 0.130. The first-order chi connectivity index (χ1) is 33.4. The molecule has 0 saturated heterocycles. The summed E-state index contributed by atoms with van der Waals surface area (Å²) in [6, 6.07) is 78.6. The van der Waals surface area contributed by atoms with Crippen LogP contribution in [-0.2, 0) is 16.2 Å². The minimum atomic E-state index is -0.153. The van der Waals surface area contributed by atoms with Crippen molar-refractivity contribution in [3.05, 3.63) is 240 Å². The molecule has 0 nitrogen and oxygen atoms in total. The summed E-state index contributed by atoms with van der Waals surface area (Å²) in [7, 11) is 0. The van der Waals surface area contributed by atoms with E-state index in [1.807, 2.05) is 0 Å². The lowest BCUT2D eigenvalue weighted by molar-refractivity contribution is 0.659. The lowest BCUT2D eigenvalue weighted by Gasteiger charge is -2.24. The van der Waals surface area contributed by atoms with Crippen molar-refractivity contribution in [3.63, 3.8) is 0 Å². The van der Waals surface area contributed by atoms with Gasteiger partial charge in [0, 0.05) is 16.2 Å². The molecule has 0 amide bonds. The monoisotopic (exact) mass is 880 g/mol. The fourth-order valence-corrected chi connectivity index (χ4v) is 13.0. The van der Waals surface area contributed by atoms with Gasteiger partial charge in [-0.3, -0.25) is 0 Å². The van der Waals surface area contributed by atoms with E-state index in [2.05, 4.69) is 248 Å². The van der Waals surface area contributed by atoms with Gasteiger partial charge in [0.15, 0.2) is 0 Å². The van der Waals surface area contributed by atoms with Crippen molar-refractivity contribution < 1.29 is 0 Å². The van der Waals surface area contributed by atoms with Gasteiger partial charge in [-0.1, -0.05) is 199 Å². The van der Waals surface area contributed by atoms with Crippen molar-refractivity contribution in [2.45, 2.75) is 57.8 Å². The Balaban J connectivity index is 0.768. The molecule has 0 spiro atoms. The molecule has 11 aromatic carbocycles. The molecule has 3 aliphatic carbocycles. The summed E-state index contributed by atoms with van der Waals surface area (Å²) >= 11 is 0. The zero-order chi connectivity index (χ0) is 46.6. The number of benzene rings is 11. The standard InChI is InChI=1S/C69H52/c1-67(2)60-18-12-11-17-53(60)54-29-24-46(37-61(54)67)47-25-31-57-58-32-27-49(40-65(58)69(5,6)64(57)38-47)48-26-30-56-55-28-23-45(36-62(55)68(3,4)63(56)39-48)41-19-21-42(22-20-41)66-52-16-10-9-15-50(52)34-51-33-43-13-7-8-14-44(43)35-59(51)66/h7-40H,1-6H3. The maximum atomic E-state index is 2.48. The van der Waals surface area contributed by atoms with Gasteiger partial charge in [0.2, 0.25) is 0 Å². The number of fused-ring (bicyclic) bond motifs is 12. The van der Waals surface area contributed by atoms with E-state index in [0.717, 1.165) is 0 Å². The van der Waals surface area contributed by atoms with Crippen LogP contribution in [0.15, 0.2) is 206 Å². The normalized spacial score (nSPS) is 15.2. The number of hydrogen-bond acceptors (Lipinski definition) is 0. The highest BCUT2D eigenvalue weighted by Crippen LogP contribution is 2.54. The average molecular weight is 881 g/mol. The molecule has 14 rings (SSSR count). The molecule has 0 atom stereocenters. The van der Waals surface area contributed by atoms with Gasteiger partial charge in [-0.25, -0.2) is 0 Å². The summed E-state index contributed by atoms with van der Waals surface area (Å²) in [5.41, 5.74) is 26.4. The van der Waals surface area contributed by atoms with Crippen LogP contribution in [0.1, 0.15) is 74.9 Å². The molecule has 0 N–H and O–H groups in total. The Morgan fingerprint density at radius 1 is 0.217 bits per heavy atom. The van der Waals surface area contributed by atoms with Crippen molar-refractivity contribution in [1.82, 2.24) is 0 Å². The molecule has 0 aliphatic heterocycles. The quantitative estimate of drug-likeness (QED) is 0.155. The predicted octanol–water partition coefficient (Wildman–Crippen LogP) is 18.7. The first-order valence-electron chi connectivity index (χ1n) is 24.7. The van der Waals surface area contributed by atoms with Gasteiger partial charge in [-0.05, 0) is 192 Å². The second-order valence-electron chi connectivity index (χ2n) is 21.7. The lowest BCUT2D eigenvalue weighted by Crippen LogP contribution is -2.16. The molecule has 3 aliphatic rings. The predicted molar refractivity (Wildman–Crippen MR) is 293 cm³/mol. The van der Waals surface area contributed by atoms with E-state index in [9.17, 15) is 0 Å². The number of hydrogen-bond donors (Lipinski definition) is 0. The van der Waals surface area contributed by atoms with Crippen molar-refractivity contribution in [2.24, 2.45) is 0 Å². The van der Waals surface area contributed by atoms with Crippen LogP contribution in [0.4, 0.5) is 0 Å². The van der Waals surface area contributed by atoms with Gasteiger partial charge in [-0.15, -0.1) is 0 Å². The molecule has 69 heavy (non-hydrogen) atoms. The Labute approximate surface area is 405 Å². The topological polar surface area (TPSA) is 0 Å². The Bertz CT molecular complexity index is 4010. The largest absolute Gasteiger partial charge is 0.0619 e. The Morgan fingerprint density at radius 3 is 1.04 bits per heavy atom. The molecular weight excluding hydrogens is 829 g/mol. The summed E-state index contributed by atoms with van der Waals surface area (Å²) in [6.45, 7) is 14.4. The van der Waals surface area contributed by atoms with Crippen LogP contribution in [0.2, 0.25) is 0 Å². The minimum absolute atomic E-state index is 0.0245. The van der Waals surface area contributed by atoms with Gasteiger partial charge < -0.3 is 0 Å². The summed E-state index contributed by atoms with van der Waals surface area (Å²) in [5, 5.41) is 7.67. The first kappa shape index (κ1) is 40.3. The molecule has 0 aromatic heterocycles. The molecule has 0 heteroatoms. The van der Waals surface area contributed by atoms with Gasteiger partial charge in [0.05, 0.1) is 0 Å². The van der Waals surface area contributed by atoms with Crippen LogP contribution in [0, 0.1) is 0 Å². The molecule has 11 aromatic rings. The highest BCUT2D eigenvalue weighted by atomic mass is 14.4. The first-order valence-corrected chi connectivity index (χ1v) is 24.7. The highest BCUT2D eigenvalue weighted by molar-refractivity contribution is 6.16. The molecule has 0 fully saturated rings. The molecular formula is C69H52. The van der Waals surface area contributed by atoms with E-state index in [1.54, 1.807) is 0 Å². The van der Waals surface area contributed by atoms with E-state index in [4.69, 9.17) is 0 Å². The van der Waals surface area contributed by atoms with E-state index in [-0.39, 0.29) is 16.2 Å². The van der Waals surface area contributed by atoms with E-state index in [0.29, 0.717) is 0 Å².